The maximum Gasteiger partial charge on any atom is 0.455 e. The Morgan fingerprint density at radius 1 is 1.32 bits per heavy atom. The lowest BCUT2D eigenvalue weighted by molar-refractivity contribution is -0.294. The summed E-state index contributed by atoms with van der Waals surface area (Å²) in [5.74, 6) is -4.81. The number of halogens is 6. The average molecular weight is 366 g/mol. The molecule has 1 aromatic rings. The molecule has 1 atom stereocenters. The molecule has 1 nitrogen and oxygen atoms in total. The smallest absolute Gasteiger partial charge is 0.305 e. The van der Waals surface area contributed by atoms with E-state index in [1.807, 2.05) is 0 Å². The normalized spacial score (nSPS) is 14.7. The zero-order valence-corrected chi connectivity index (χ0v) is 12.6. The minimum absolute atomic E-state index is 0.0207. The van der Waals surface area contributed by atoms with Gasteiger partial charge >= 0.3 is 12.1 Å². The van der Waals surface area contributed by atoms with Crippen LogP contribution in [0.15, 0.2) is 9.85 Å². The summed E-state index contributed by atoms with van der Waals surface area (Å²) in [6.45, 7) is 3.31. The fraction of sp³-hybridized carbons (Fsp3) is 0.636. The Labute approximate surface area is 120 Å². The second-order valence-electron chi connectivity index (χ2n) is 4.07. The summed E-state index contributed by atoms with van der Waals surface area (Å²) < 4.78 is 65.3. The highest BCUT2D eigenvalue weighted by Crippen LogP contribution is 2.46. The summed E-state index contributed by atoms with van der Waals surface area (Å²) in [5, 5.41) is 2.30. The summed E-state index contributed by atoms with van der Waals surface area (Å²) in [5.41, 5.74) is -0.0207. The van der Waals surface area contributed by atoms with Gasteiger partial charge in [-0.3, -0.25) is 0 Å². The summed E-state index contributed by atoms with van der Waals surface area (Å²) in [6.07, 6.45) is -5.12. The Hall–Kier alpha value is -0.210. The quantitative estimate of drug-likeness (QED) is 0.719. The molecule has 1 aromatic heterocycles. The predicted octanol–water partition coefficient (Wildman–Crippen LogP) is 5.06. The van der Waals surface area contributed by atoms with Crippen molar-refractivity contribution in [3.05, 3.63) is 20.3 Å². The van der Waals surface area contributed by atoms with Crippen molar-refractivity contribution in [3.8, 4) is 0 Å². The second-order valence-corrected chi connectivity index (χ2v) is 6.71. The molecule has 1 unspecified atom stereocenters. The number of alkyl halides is 5. The van der Waals surface area contributed by atoms with Crippen LogP contribution in [0.5, 0.6) is 0 Å². The zero-order valence-electron chi connectivity index (χ0n) is 10.2. The van der Waals surface area contributed by atoms with E-state index in [0.29, 0.717) is 15.1 Å². The summed E-state index contributed by atoms with van der Waals surface area (Å²) in [7, 11) is 0. The van der Waals surface area contributed by atoms with E-state index in [0.717, 1.165) is 11.3 Å². The fourth-order valence-corrected chi connectivity index (χ4v) is 3.38. The molecule has 1 rings (SSSR count). The molecule has 0 radical (unpaired) electrons. The van der Waals surface area contributed by atoms with Gasteiger partial charge in [0.05, 0.1) is 3.79 Å². The van der Waals surface area contributed by atoms with E-state index in [4.69, 9.17) is 0 Å². The van der Waals surface area contributed by atoms with Crippen LogP contribution >= 0.6 is 27.3 Å². The maximum atomic E-state index is 13.6. The average Bonchev–Trinajstić information content (AvgIpc) is 2.56. The molecule has 0 aromatic carbocycles. The molecular weight excluding hydrogens is 353 g/mol. The van der Waals surface area contributed by atoms with Crippen molar-refractivity contribution in [1.82, 2.24) is 5.32 Å². The highest BCUT2D eigenvalue weighted by molar-refractivity contribution is 9.11. The molecule has 19 heavy (non-hydrogen) atoms. The maximum absolute atomic E-state index is 13.6. The minimum Gasteiger partial charge on any atom is -0.305 e. The molecule has 0 saturated heterocycles. The van der Waals surface area contributed by atoms with Crippen LogP contribution in [0.4, 0.5) is 22.0 Å². The SMILES string of the molecule is CCCNC(c1cc(Br)sc1C)C(F)(F)C(F)(F)F. The van der Waals surface area contributed by atoms with Gasteiger partial charge in [-0.2, -0.15) is 22.0 Å². The molecule has 1 N–H and O–H groups in total. The monoisotopic (exact) mass is 365 g/mol. The Morgan fingerprint density at radius 2 is 1.89 bits per heavy atom. The Balaban J connectivity index is 3.18. The Morgan fingerprint density at radius 3 is 2.26 bits per heavy atom. The number of nitrogens with one attached hydrogen (secondary N) is 1. The fourth-order valence-electron chi connectivity index (χ4n) is 1.63. The first-order valence-electron chi connectivity index (χ1n) is 5.55. The van der Waals surface area contributed by atoms with Gasteiger partial charge < -0.3 is 5.32 Å². The molecule has 0 amide bonds. The van der Waals surface area contributed by atoms with Crippen molar-refractivity contribution >= 4 is 27.3 Å². The highest BCUT2D eigenvalue weighted by atomic mass is 79.9. The summed E-state index contributed by atoms with van der Waals surface area (Å²) >= 11 is 4.23. The van der Waals surface area contributed by atoms with Gasteiger partial charge in [-0.1, -0.05) is 6.92 Å². The lowest BCUT2D eigenvalue weighted by atomic mass is 10.0. The number of rotatable bonds is 5. The Kier molecular flexibility index (Phi) is 5.36. The van der Waals surface area contributed by atoms with Crippen molar-refractivity contribution in [2.75, 3.05) is 6.54 Å². The largest absolute Gasteiger partial charge is 0.455 e. The third kappa shape index (κ3) is 3.66. The van der Waals surface area contributed by atoms with Crippen molar-refractivity contribution in [2.45, 2.75) is 38.4 Å². The predicted molar refractivity (Wildman–Crippen MR) is 68.8 cm³/mol. The van der Waals surface area contributed by atoms with E-state index in [9.17, 15) is 22.0 Å². The molecule has 0 bridgehead atoms. The van der Waals surface area contributed by atoms with E-state index in [2.05, 4.69) is 21.2 Å². The molecule has 0 aliphatic heterocycles. The number of hydrogen-bond acceptors (Lipinski definition) is 2. The van der Waals surface area contributed by atoms with Crippen LogP contribution < -0.4 is 5.32 Å². The standard InChI is InChI=1S/C11H13BrF5NS/c1-3-4-18-9(10(13,14)11(15,16)17)7-5-8(12)19-6(7)2/h5,9,18H,3-4H2,1-2H3. The van der Waals surface area contributed by atoms with Crippen molar-refractivity contribution < 1.29 is 22.0 Å². The molecule has 0 saturated carbocycles. The molecular formula is C11H13BrF5NS. The van der Waals surface area contributed by atoms with Gasteiger partial charge in [-0.15, -0.1) is 11.3 Å². The number of aryl methyl sites for hydroxylation is 1. The summed E-state index contributed by atoms with van der Waals surface area (Å²) in [6, 6.07) is -0.748. The van der Waals surface area contributed by atoms with Crippen LogP contribution in [0.2, 0.25) is 0 Å². The molecule has 0 spiro atoms. The van der Waals surface area contributed by atoms with Crippen LogP contribution in [-0.4, -0.2) is 18.6 Å². The molecule has 0 aliphatic rings. The van der Waals surface area contributed by atoms with Crippen molar-refractivity contribution in [2.24, 2.45) is 0 Å². The van der Waals surface area contributed by atoms with Crippen LogP contribution in [0.1, 0.15) is 29.8 Å². The topological polar surface area (TPSA) is 12.0 Å². The summed E-state index contributed by atoms with van der Waals surface area (Å²) in [4.78, 5) is 0.435. The first kappa shape index (κ1) is 16.8. The van der Waals surface area contributed by atoms with Crippen molar-refractivity contribution in [1.29, 1.82) is 0 Å². The Bertz CT molecular complexity index is 429. The second kappa shape index (κ2) is 6.05. The molecule has 110 valence electrons. The third-order valence-corrected chi connectivity index (χ3v) is 4.15. The van der Waals surface area contributed by atoms with Gasteiger partial charge in [0.2, 0.25) is 0 Å². The number of thiophene rings is 1. The molecule has 0 fully saturated rings. The van der Waals surface area contributed by atoms with Crippen LogP contribution in [0.25, 0.3) is 0 Å². The first-order valence-corrected chi connectivity index (χ1v) is 7.16. The van der Waals surface area contributed by atoms with Gasteiger partial charge in [-0.05, 0) is 47.4 Å². The van der Waals surface area contributed by atoms with Crippen LogP contribution in [0.3, 0.4) is 0 Å². The lowest BCUT2D eigenvalue weighted by Gasteiger charge is -2.29. The lowest BCUT2D eigenvalue weighted by Crippen LogP contribution is -2.48. The molecule has 1 heterocycles. The highest BCUT2D eigenvalue weighted by Gasteiger charge is 2.62. The van der Waals surface area contributed by atoms with Gasteiger partial charge in [0.25, 0.3) is 0 Å². The van der Waals surface area contributed by atoms with Crippen LogP contribution in [-0.2, 0) is 0 Å². The van der Waals surface area contributed by atoms with E-state index < -0.39 is 18.1 Å². The van der Waals surface area contributed by atoms with Gasteiger partial charge in [0.1, 0.15) is 6.04 Å². The minimum atomic E-state index is -5.58. The van der Waals surface area contributed by atoms with E-state index in [1.165, 1.54) is 13.0 Å². The third-order valence-electron chi connectivity index (χ3n) is 2.58. The zero-order chi connectivity index (χ0) is 14.8. The van der Waals surface area contributed by atoms with Gasteiger partial charge in [0, 0.05) is 4.88 Å². The van der Waals surface area contributed by atoms with E-state index in [-0.39, 0.29) is 12.1 Å². The van der Waals surface area contributed by atoms with Gasteiger partial charge in [0.15, 0.2) is 0 Å². The molecule has 0 aliphatic carbocycles. The van der Waals surface area contributed by atoms with Crippen LogP contribution in [0, 0.1) is 6.92 Å². The van der Waals surface area contributed by atoms with E-state index in [1.54, 1.807) is 6.92 Å². The van der Waals surface area contributed by atoms with Gasteiger partial charge in [-0.25, -0.2) is 0 Å². The van der Waals surface area contributed by atoms with E-state index >= 15 is 0 Å². The molecule has 8 heteroatoms. The number of hydrogen-bond donors (Lipinski definition) is 1. The first-order chi connectivity index (χ1) is 8.61. The van der Waals surface area contributed by atoms with Crippen molar-refractivity contribution in [3.63, 3.8) is 0 Å².